The van der Waals surface area contributed by atoms with Gasteiger partial charge in [0.25, 0.3) is 0 Å². The fraction of sp³-hybridized carbons (Fsp3) is 0.571. The maximum atomic E-state index is 10.1. The number of nitrogen functional groups attached to an aromatic ring is 1. The molecule has 0 bridgehead atoms. The largest absolute Gasteiger partial charge is 0.390 e. The van der Waals surface area contributed by atoms with Gasteiger partial charge in [-0.3, -0.25) is 5.43 Å². The molecule has 2 aromatic heterocycles. The van der Waals surface area contributed by atoms with Crippen LogP contribution in [0.4, 0.5) is 11.8 Å². The van der Waals surface area contributed by atoms with Crippen LogP contribution in [0.1, 0.15) is 31.6 Å². The monoisotopic (exact) mass is 307 g/mol. The molecular formula is C14H21N5OS. The van der Waals surface area contributed by atoms with E-state index in [1.54, 1.807) is 11.3 Å². The van der Waals surface area contributed by atoms with E-state index in [0.717, 1.165) is 48.4 Å². The van der Waals surface area contributed by atoms with Crippen molar-refractivity contribution in [3.05, 3.63) is 10.9 Å². The smallest absolute Gasteiger partial charge is 0.240 e. The molecule has 0 amide bonds. The minimum Gasteiger partial charge on any atom is -0.390 e. The lowest BCUT2D eigenvalue weighted by molar-refractivity contribution is 0.0350. The van der Waals surface area contributed by atoms with Crippen LogP contribution in [0, 0.1) is 0 Å². The SMILES string of the molecule is CCc1cc2c(N3CCC(C)(O)CC3)nc(NN)nc2s1. The highest BCUT2D eigenvalue weighted by Gasteiger charge is 2.29. The zero-order valence-corrected chi connectivity index (χ0v) is 13.2. The lowest BCUT2D eigenvalue weighted by Gasteiger charge is -2.36. The summed E-state index contributed by atoms with van der Waals surface area (Å²) in [5.41, 5.74) is 1.98. The van der Waals surface area contributed by atoms with Crippen LogP contribution in [0.5, 0.6) is 0 Å². The number of hydrogen-bond acceptors (Lipinski definition) is 7. The Bertz CT molecular complexity index is 644. The predicted octanol–water partition coefficient (Wildman–Crippen LogP) is 1.89. The molecule has 0 aliphatic carbocycles. The fourth-order valence-electron chi connectivity index (χ4n) is 2.64. The second kappa shape index (κ2) is 5.40. The van der Waals surface area contributed by atoms with Crippen LogP contribution in [0.15, 0.2) is 6.07 Å². The number of aromatic nitrogens is 2. The van der Waals surface area contributed by atoms with Crippen LogP contribution in [0.3, 0.4) is 0 Å². The standard InChI is InChI=1S/C14H21N5OS/c1-3-9-8-10-11(16-13(18-15)17-12(10)21-9)19-6-4-14(2,20)5-7-19/h8,20H,3-7,15H2,1-2H3,(H,16,17,18). The number of fused-ring (bicyclic) bond motifs is 1. The molecule has 3 rings (SSSR count). The molecule has 21 heavy (non-hydrogen) atoms. The molecule has 1 aliphatic heterocycles. The van der Waals surface area contributed by atoms with Gasteiger partial charge in [0.15, 0.2) is 0 Å². The first-order valence-electron chi connectivity index (χ1n) is 7.27. The van der Waals surface area contributed by atoms with Gasteiger partial charge in [-0.15, -0.1) is 11.3 Å². The molecule has 0 radical (unpaired) electrons. The van der Waals surface area contributed by atoms with E-state index >= 15 is 0 Å². The summed E-state index contributed by atoms with van der Waals surface area (Å²) in [5.74, 6) is 6.85. The van der Waals surface area contributed by atoms with E-state index < -0.39 is 5.60 Å². The summed E-state index contributed by atoms with van der Waals surface area (Å²) in [5, 5.41) is 11.2. The number of nitrogens with zero attached hydrogens (tertiary/aromatic N) is 3. The van der Waals surface area contributed by atoms with Crippen molar-refractivity contribution in [1.29, 1.82) is 0 Å². The first kappa shape index (κ1) is 14.5. The second-order valence-corrected chi connectivity index (χ2v) is 6.90. The summed E-state index contributed by atoms with van der Waals surface area (Å²) in [4.78, 5) is 13.5. The first-order chi connectivity index (χ1) is 10.0. The van der Waals surface area contributed by atoms with Gasteiger partial charge in [0.05, 0.1) is 11.0 Å². The number of rotatable bonds is 3. The highest BCUT2D eigenvalue weighted by atomic mass is 32.1. The van der Waals surface area contributed by atoms with Gasteiger partial charge in [-0.05, 0) is 32.3 Å². The first-order valence-corrected chi connectivity index (χ1v) is 8.08. The van der Waals surface area contributed by atoms with Crippen molar-refractivity contribution in [3.63, 3.8) is 0 Å². The van der Waals surface area contributed by atoms with Crippen molar-refractivity contribution in [2.75, 3.05) is 23.4 Å². The molecule has 7 heteroatoms. The van der Waals surface area contributed by atoms with Crippen LogP contribution >= 0.6 is 11.3 Å². The van der Waals surface area contributed by atoms with E-state index in [2.05, 4.69) is 33.3 Å². The van der Waals surface area contributed by atoms with Crippen molar-refractivity contribution in [2.45, 2.75) is 38.7 Å². The van der Waals surface area contributed by atoms with Crippen molar-refractivity contribution in [3.8, 4) is 0 Å². The third-order valence-electron chi connectivity index (χ3n) is 4.04. The average Bonchev–Trinajstić information content (AvgIpc) is 2.89. The maximum absolute atomic E-state index is 10.1. The molecule has 0 unspecified atom stereocenters. The van der Waals surface area contributed by atoms with E-state index in [0.29, 0.717) is 5.95 Å². The fourth-order valence-corrected chi connectivity index (χ4v) is 3.60. The Hall–Kier alpha value is -1.44. The minimum atomic E-state index is -0.569. The average molecular weight is 307 g/mol. The number of nitrogens with one attached hydrogen (secondary N) is 1. The molecule has 2 aromatic rings. The lowest BCUT2D eigenvalue weighted by Crippen LogP contribution is -2.42. The van der Waals surface area contributed by atoms with Crippen LogP contribution in [0.25, 0.3) is 10.2 Å². The number of hydrogen-bond donors (Lipinski definition) is 3. The molecule has 1 aliphatic rings. The van der Waals surface area contributed by atoms with E-state index in [4.69, 9.17) is 5.84 Å². The predicted molar refractivity (Wildman–Crippen MR) is 86.7 cm³/mol. The molecule has 114 valence electrons. The molecule has 0 saturated carbocycles. The van der Waals surface area contributed by atoms with Crippen LogP contribution in [-0.2, 0) is 6.42 Å². The van der Waals surface area contributed by atoms with Gasteiger partial charge in [-0.1, -0.05) is 6.92 Å². The highest BCUT2D eigenvalue weighted by Crippen LogP contribution is 2.34. The van der Waals surface area contributed by atoms with E-state index in [1.165, 1.54) is 4.88 Å². The molecule has 3 heterocycles. The molecule has 0 spiro atoms. The Morgan fingerprint density at radius 2 is 2.14 bits per heavy atom. The van der Waals surface area contributed by atoms with Crippen molar-refractivity contribution >= 4 is 33.3 Å². The maximum Gasteiger partial charge on any atom is 0.240 e. The van der Waals surface area contributed by atoms with Gasteiger partial charge in [-0.2, -0.15) is 4.98 Å². The van der Waals surface area contributed by atoms with Gasteiger partial charge in [0.1, 0.15) is 10.6 Å². The number of nitrogens with two attached hydrogens (primary N) is 1. The molecule has 1 saturated heterocycles. The zero-order chi connectivity index (χ0) is 15.0. The number of piperidine rings is 1. The van der Waals surface area contributed by atoms with Gasteiger partial charge >= 0.3 is 0 Å². The Morgan fingerprint density at radius 1 is 1.43 bits per heavy atom. The number of aliphatic hydroxyl groups is 1. The Balaban J connectivity index is 2.02. The summed E-state index contributed by atoms with van der Waals surface area (Å²) >= 11 is 1.68. The third kappa shape index (κ3) is 2.81. The zero-order valence-electron chi connectivity index (χ0n) is 12.4. The summed E-state index contributed by atoms with van der Waals surface area (Å²) in [6.45, 7) is 5.62. The van der Waals surface area contributed by atoms with Gasteiger partial charge < -0.3 is 10.0 Å². The molecule has 1 fully saturated rings. The second-order valence-electron chi connectivity index (χ2n) is 5.78. The quantitative estimate of drug-likeness (QED) is 0.593. The van der Waals surface area contributed by atoms with Crippen LogP contribution in [-0.4, -0.2) is 33.8 Å². The minimum absolute atomic E-state index is 0.444. The van der Waals surface area contributed by atoms with E-state index in [9.17, 15) is 5.11 Å². The Morgan fingerprint density at radius 3 is 2.76 bits per heavy atom. The Kier molecular flexibility index (Phi) is 3.73. The van der Waals surface area contributed by atoms with Crippen molar-refractivity contribution in [2.24, 2.45) is 5.84 Å². The van der Waals surface area contributed by atoms with Gasteiger partial charge in [0, 0.05) is 18.0 Å². The number of hydrazine groups is 1. The van der Waals surface area contributed by atoms with Crippen molar-refractivity contribution < 1.29 is 5.11 Å². The molecule has 0 aromatic carbocycles. The topological polar surface area (TPSA) is 87.3 Å². The third-order valence-corrected chi connectivity index (χ3v) is 5.21. The number of thiophene rings is 1. The number of aryl methyl sites for hydroxylation is 1. The Labute approximate surface area is 128 Å². The van der Waals surface area contributed by atoms with Crippen LogP contribution in [0.2, 0.25) is 0 Å². The summed E-state index contributed by atoms with van der Waals surface area (Å²) < 4.78 is 0. The molecule has 4 N–H and O–H groups in total. The van der Waals surface area contributed by atoms with E-state index in [-0.39, 0.29) is 0 Å². The summed E-state index contributed by atoms with van der Waals surface area (Å²) in [6.07, 6.45) is 2.48. The summed E-state index contributed by atoms with van der Waals surface area (Å²) in [6, 6.07) is 2.17. The van der Waals surface area contributed by atoms with Gasteiger partial charge in [-0.25, -0.2) is 10.8 Å². The van der Waals surface area contributed by atoms with Crippen LogP contribution < -0.4 is 16.2 Å². The van der Waals surface area contributed by atoms with Gasteiger partial charge in [0.2, 0.25) is 5.95 Å². The number of anilines is 2. The van der Waals surface area contributed by atoms with Crippen molar-refractivity contribution in [1.82, 2.24) is 9.97 Å². The molecule has 6 nitrogen and oxygen atoms in total. The van der Waals surface area contributed by atoms with E-state index in [1.807, 2.05) is 6.92 Å². The summed E-state index contributed by atoms with van der Waals surface area (Å²) in [7, 11) is 0. The molecular weight excluding hydrogens is 286 g/mol. The highest BCUT2D eigenvalue weighted by molar-refractivity contribution is 7.18. The lowest BCUT2D eigenvalue weighted by atomic mass is 9.94. The molecule has 0 atom stereocenters. The normalized spacial score (nSPS) is 18.2.